The van der Waals surface area contributed by atoms with Crippen molar-refractivity contribution in [2.24, 2.45) is 0 Å². The smallest absolute Gasteiger partial charge is 0.248 e. The largest absolute Gasteiger partial charge is 0.497 e. The number of aliphatic hydroxyl groups excluding tert-OH is 2. The molecule has 0 saturated heterocycles. The van der Waals surface area contributed by atoms with Gasteiger partial charge in [0.05, 0.1) is 20.3 Å². The third-order valence-electron chi connectivity index (χ3n) is 26.3. The highest BCUT2D eigenvalue weighted by atomic mass is 31.2. The van der Waals surface area contributed by atoms with Crippen molar-refractivity contribution in [3.63, 3.8) is 0 Å². The quantitative estimate of drug-likeness (QED) is 0.0477. The molecule has 1 unspecified atom stereocenters. The van der Waals surface area contributed by atoms with Gasteiger partial charge in [0.25, 0.3) is 0 Å². The molecular weight excluding hydrogens is 1910 g/mol. The van der Waals surface area contributed by atoms with Crippen molar-refractivity contribution in [3.8, 4) is 5.75 Å². The van der Waals surface area contributed by atoms with Gasteiger partial charge in [-0.2, -0.15) is 0 Å². The van der Waals surface area contributed by atoms with E-state index >= 15 is 0 Å². The van der Waals surface area contributed by atoms with E-state index in [0.717, 1.165) is 111 Å². The van der Waals surface area contributed by atoms with Crippen LogP contribution in [0.2, 0.25) is 0 Å². The topological polar surface area (TPSA) is 272 Å². The predicted molar refractivity (Wildman–Crippen MR) is 599 cm³/mol. The maximum Gasteiger partial charge on any atom is 0.248 e. The highest BCUT2D eigenvalue weighted by molar-refractivity contribution is 8.02. The van der Waals surface area contributed by atoms with Crippen molar-refractivity contribution >= 4 is 117 Å². The van der Waals surface area contributed by atoms with Gasteiger partial charge in [-0.05, 0) is 291 Å². The van der Waals surface area contributed by atoms with Gasteiger partial charge in [0.15, 0.2) is 0 Å². The normalized spacial score (nSPS) is 11.7. The highest BCUT2D eigenvalue weighted by Gasteiger charge is 2.49. The van der Waals surface area contributed by atoms with Crippen LogP contribution >= 0.6 is 35.7 Å². The van der Waals surface area contributed by atoms with Gasteiger partial charge in [0, 0.05) is 81.6 Å². The molecule has 0 aliphatic heterocycles. The Balaban J connectivity index is 0.000000174. The van der Waals surface area contributed by atoms with Crippen molar-refractivity contribution in [2.75, 3.05) is 7.11 Å². The molecule has 0 spiro atoms. The summed E-state index contributed by atoms with van der Waals surface area (Å²) in [5.41, 5.74) is 20.5. The molecule has 15 aromatic rings. The van der Waals surface area contributed by atoms with Gasteiger partial charge in [-0.3, -0.25) is 38.4 Å². The van der Waals surface area contributed by atoms with Crippen LogP contribution in [0.3, 0.4) is 0 Å². The minimum Gasteiger partial charge on any atom is -0.497 e. The number of ether oxygens (including phenoxy) is 1. The van der Waals surface area contributed by atoms with E-state index in [1.54, 1.807) is 180 Å². The third-order valence-corrected chi connectivity index (χ3v) is 39.8. The second-order valence-electron chi connectivity index (χ2n) is 38.4. The maximum absolute atomic E-state index is 14.6. The number of carbonyl (C=O) groups excluding carboxylic acids is 8. The van der Waals surface area contributed by atoms with E-state index in [2.05, 4.69) is 0 Å². The Morgan fingerprint density at radius 1 is 0.192 bits per heavy atom. The van der Waals surface area contributed by atoms with E-state index in [0.29, 0.717) is 105 Å². The molecular formula is C125H129O16P5. The summed E-state index contributed by atoms with van der Waals surface area (Å²) < 4.78 is 77.4. The van der Waals surface area contributed by atoms with Gasteiger partial charge in [-0.15, -0.1) is 0 Å². The minimum atomic E-state index is -4.23. The number of benzene rings is 15. The standard InChI is InChI=1S/C27H29O4P.2C26H27O3P.C24H25O4P.C22H21O2P/c1-16-11-18(3)24(19(4)12-16)26(29)32(31,23-9-7-22(15-28)8-10-23)27(30)25-20(5)13-17(2)14-21(25)6;2*1-16-12-18(3)23(19(4)13-16)25(27)30(29,22-10-8-7-9-11-22)26(28)24-20(5)14-17(2)15-21(24)6;1-16-13-17(2)23(18(3)14-16)24(26)29(27,21-9-5-19(15-25)6-10-21)22-11-7-20(28-4)8-12-22;1-16-14-17(2)21(18(3)15-16)22(23)25(24,19-10-6-4-7-11-19)20-12-8-5-9-13-20/h7-14,28H,15H2,1-6H3;2*7-15H,1-6H3;5-14,25H,15H2,1-4H3;4-15H,1-3H3. The first-order valence-corrected chi connectivity index (χ1v) is 56.7. The molecule has 0 bridgehead atoms. The van der Waals surface area contributed by atoms with E-state index < -0.39 is 68.9 Å². The number of aryl methyl sites for hydroxylation is 24. The van der Waals surface area contributed by atoms with E-state index in [-0.39, 0.29) is 40.2 Å². The van der Waals surface area contributed by atoms with Crippen molar-refractivity contribution in [1.29, 1.82) is 0 Å². The Hall–Kier alpha value is -13.5. The van der Waals surface area contributed by atoms with Gasteiger partial charge < -0.3 is 37.8 Å². The van der Waals surface area contributed by atoms with Crippen LogP contribution in [-0.2, 0) is 36.0 Å². The zero-order valence-electron chi connectivity index (χ0n) is 88.0. The Morgan fingerprint density at radius 2 is 0.329 bits per heavy atom. The van der Waals surface area contributed by atoms with Crippen LogP contribution in [0, 0.1) is 166 Å². The van der Waals surface area contributed by atoms with Crippen molar-refractivity contribution in [1.82, 2.24) is 0 Å². The Kier molecular flexibility index (Phi) is 36.6. The average molecular weight is 2040 g/mol. The molecule has 21 heteroatoms. The fourth-order valence-corrected chi connectivity index (χ4v) is 33.0. The first-order valence-electron chi connectivity index (χ1n) is 48.2. The van der Waals surface area contributed by atoms with Gasteiger partial charge in [0.2, 0.25) is 79.9 Å². The van der Waals surface area contributed by atoms with Gasteiger partial charge in [-0.25, -0.2) is 0 Å². The molecule has 0 heterocycles. The fraction of sp³-hybridized carbons (Fsp3) is 0.216. The van der Waals surface area contributed by atoms with Gasteiger partial charge in [0.1, 0.15) is 5.75 Å². The molecule has 1 atom stereocenters. The zero-order valence-corrected chi connectivity index (χ0v) is 92.4. The number of hydrogen-bond donors (Lipinski definition) is 2. The Morgan fingerprint density at radius 3 is 0.493 bits per heavy atom. The predicted octanol–water partition coefficient (Wildman–Crippen LogP) is 27.1. The SMILES string of the molecule is COc1ccc(P(=O)(C(=O)c2c(C)cc(C)cc2C)c2ccc(CO)cc2)cc1.Cc1cc(C)c(C(=O)P(=O)(C(=O)c2c(C)cc(C)cc2C)c2ccc(CO)cc2)c(C)c1.Cc1cc(C)c(C(=O)P(=O)(C(=O)c2c(C)cc(C)cc2C)c2ccccc2)c(C)c1.Cc1cc(C)c(C(=O)P(=O)(C(=O)c2c(C)cc(C)cc2C)c2ccccc2)c(C)c1.Cc1cc(C)c(C(=O)P(=O)(c2ccccc2)c2ccccc2)c(C)c1. The lowest BCUT2D eigenvalue weighted by molar-refractivity contribution is 0.102. The van der Waals surface area contributed by atoms with Crippen LogP contribution in [-0.4, -0.2) is 61.5 Å². The van der Waals surface area contributed by atoms with E-state index in [9.17, 15) is 71.4 Å². The number of hydrogen-bond acceptors (Lipinski definition) is 16. The lowest BCUT2D eigenvalue weighted by atomic mass is 10.0. The van der Waals surface area contributed by atoms with E-state index in [1.165, 1.54) is 12.1 Å². The van der Waals surface area contributed by atoms with Crippen LogP contribution in [0.4, 0.5) is 0 Å². The van der Waals surface area contributed by atoms with Gasteiger partial charge >= 0.3 is 0 Å². The molecule has 146 heavy (non-hydrogen) atoms. The number of aliphatic hydroxyl groups is 2. The van der Waals surface area contributed by atoms with Crippen LogP contribution < -0.4 is 41.9 Å². The molecule has 16 nitrogen and oxygen atoms in total. The molecule has 0 radical (unpaired) electrons. The van der Waals surface area contributed by atoms with Crippen LogP contribution in [0.1, 0.15) is 228 Å². The summed E-state index contributed by atoms with van der Waals surface area (Å²) in [6.07, 6.45) is 0. The summed E-state index contributed by atoms with van der Waals surface area (Å²) in [7, 11) is -18.0. The van der Waals surface area contributed by atoms with Gasteiger partial charge in [-0.1, -0.05) is 311 Å². The highest BCUT2D eigenvalue weighted by Crippen LogP contribution is 2.57. The average Bonchev–Trinajstić information content (AvgIpc) is 0.748. The maximum atomic E-state index is 14.6. The summed E-state index contributed by atoms with van der Waals surface area (Å²) in [6.45, 7) is 44.8. The molecule has 750 valence electrons. The lowest BCUT2D eigenvalue weighted by Gasteiger charge is -2.21. The monoisotopic (exact) mass is 2040 g/mol. The lowest BCUT2D eigenvalue weighted by Crippen LogP contribution is -2.24. The summed E-state index contributed by atoms with van der Waals surface area (Å²) >= 11 is 0. The van der Waals surface area contributed by atoms with Crippen molar-refractivity contribution < 1.29 is 76.1 Å². The van der Waals surface area contributed by atoms with Crippen molar-refractivity contribution in [3.05, 3.63) is 480 Å². The molecule has 15 aromatic carbocycles. The Bertz CT molecular complexity index is 7180. The number of rotatable bonds is 26. The molecule has 0 aliphatic rings. The fourth-order valence-electron chi connectivity index (χ4n) is 20.1. The minimum absolute atomic E-state index is 0.114. The number of carbonyl (C=O) groups is 8. The summed E-state index contributed by atoms with van der Waals surface area (Å²) in [5.74, 6) is 0.631. The van der Waals surface area contributed by atoms with Crippen LogP contribution in [0.25, 0.3) is 0 Å². The second kappa shape index (κ2) is 47.4. The third kappa shape index (κ3) is 23.6. The summed E-state index contributed by atoms with van der Waals surface area (Å²) in [5, 5.41) is 21.5. The second-order valence-corrected chi connectivity index (χ2v) is 51.3. The molecule has 0 amide bonds. The molecule has 0 aromatic heterocycles. The molecule has 0 saturated carbocycles. The number of methoxy groups -OCH3 is 1. The van der Waals surface area contributed by atoms with Crippen LogP contribution in [0.5, 0.6) is 5.75 Å². The van der Waals surface area contributed by atoms with E-state index in [1.807, 2.05) is 272 Å². The molecule has 0 aliphatic carbocycles. The van der Waals surface area contributed by atoms with E-state index in [4.69, 9.17) is 4.74 Å². The molecule has 0 fully saturated rings. The molecule has 2 N–H and O–H groups in total. The first kappa shape index (κ1) is 113. The Labute approximate surface area is 859 Å². The molecule has 15 rings (SSSR count). The van der Waals surface area contributed by atoms with Crippen LogP contribution in [0.15, 0.2) is 291 Å². The summed E-state index contributed by atoms with van der Waals surface area (Å²) in [6, 6.07) is 85.3. The summed E-state index contributed by atoms with van der Waals surface area (Å²) in [4.78, 5) is 111. The first-order chi connectivity index (χ1) is 68.9. The van der Waals surface area contributed by atoms with Crippen molar-refractivity contribution in [2.45, 2.75) is 179 Å². The zero-order chi connectivity index (χ0) is 107.